The van der Waals surface area contributed by atoms with Gasteiger partial charge in [0.1, 0.15) is 5.76 Å². The van der Waals surface area contributed by atoms with Crippen LogP contribution in [0.2, 0.25) is 0 Å². The Kier molecular flexibility index (Phi) is 2.87. The van der Waals surface area contributed by atoms with Crippen molar-refractivity contribution in [2.75, 3.05) is 0 Å². The molecule has 2 nitrogen and oxygen atoms in total. The summed E-state index contributed by atoms with van der Waals surface area (Å²) in [4.78, 5) is 0. The van der Waals surface area contributed by atoms with Crippen molar-refractivity contribution in [2.24, 2.45) is 5.73 Å². The van der Waals surface area contributed by atoms with Crippen LogP contribution in [-0.4, -0.2) is 0 Å². The Labute approximate surface area is 106 Å². The molecule has 0 spiro atoms. The maximum absolute atomic E-state index is 6.22. The lowest BCUT2D eigenvalue weighted by Gasteiger charge is -2.11. The monoisotopic (exact) mass is 237 g/mol. The van der Waals surface area contributed by atoms with Gasteiger partial charge in [-0.3, -0.25) is 0 Å². The molecule has 3 aromatic rings. The van der Waals surface area contributed by atoms with Gasteiger partial charge in [0, 0.05) is 12.5 Å². The molecule has 0 bridgehead atoms. The molecule has 0 aliphatic heterocycles. The third-order valence-corrected chi connectivity index (χ3v) is 3.20. The molecule has 1 aromatic heterocycles. The van der Waals surface area contributed by atoms with E-state index in [1.807, 2.05) is 24.3 Å². The predicted molar refractivity (Wildman–Crippen MR) is 73.3 cm³/mol. The van der Waals surface area contributed by atoms with Crippen molar-refractivity contribution in [3.63, 3.8) is 0 Å². The van der Waals surface area contributed by atoms with Crippen LogP contribution in [0.15, 0.2) is 65.3 Å². The molecule has 0 aliphatic rings. The first-order valence-corrected chi connectivity index (χ1v) is 6.09. The van der Waals surface area contributed by atoms with Gasteiger partial charge in [-0.05, 0) is 34.5 Å². The summed E-state index contributed by atoms with van der Waals surface area (Å²) >= 11 is 0. The van der Waals surface area contributed by atoms with Crippen LogP contribution in [0.5, 0.6) is 0 Å². The first-order chi connectivity index (χ1) is 8.83. The minimum atomic E-state index is -0.0271. The van der Waals surface area contributed by atoms with Gasteiger partial charge in [0.2, 0.25) is 0 Å². The van der Waals surface area contributed by atoms with Crippen LogP contribution in [0.25, 0.3) is 10.8 Å². The number of hydrogen-bond donors (Lipinski definition) is 1. The average molecular weight is 237 g/mol. The van der Waals surface area contributed by atoms with E-state index in [0.29, 0.717) is 0 Å². The molecule has 3 rings (SSSR count). The highest BCUT2D eigenvalue weighted by Gasteiger charge is 2.09. The Morgan fingerprint density at radius 1 is 0.944 bits per heavy atom. The molecule has 2 N–H and O–H groups in total. The molecule has 0 aliphatic carbocycles. The minimum Gasteiger partial charge on any atom is -0.469 e. The molecule has 18 heavy (non-hydrogen) atoms. The van der Waals surface area contributed by atoms with Crippen molar-refractivity contribution in [1.29, 1.82) is 0 Å². The van der Waals surface area contributed by atoms with E-state index in [1.165, 1.54) is 10.8 Å². The summed E-state index contributed by atoms with van der Waals surface area (Å²) in [5.41, 5.74) is 7.36. The largest absolute Gasteiger partial charge is 0.469 e. The zero-order valence-corrected chi connectivity index (χ0v) is 10.0. The summed E-state index contributed by atoms with van der Waals surface area (Å²) in [6.45, 7) is 0. The SMILES string of the molecule is NC(Cc1ccco1)c1ccc2ccccc2c1. The van der Waals surface area contributed by atoms with Crippen molar-refractivity contribution in [1.82, 2.24) is 0 Å². The molecule has 2 heteroatoms. The van der Waals surface area contributed by atoms with Crippen LogP contribution >= 0.6 is 0 Å². The average Bonchev–Trinajstić information content (AvgIpc) is 2.91. The van der Waals surface area contributed by atoms with Gasteiger partial charge in [0.15, 0.2) is 0 Å². The normalized spacial score (nSPS) is 12.7. The molecular weight excluding hydrogens is 222 g/mol. The van der Waals surface area contributed by atoms with E-state index in [-0.39, 0.29) is 6.04 Å². The highest BCUT2D eigenvalue weighted by Crippen LogP contribution is 2.21. The fraction of sp³-hybridized carbons (Fsp3) is 0.125. The lowest BCUT2D eigenvalue weighted by Crippen LogP contribution is -2.12. The summed E-state index contributed by atoms with van der Waals surface area (Å²) < 4.78 is 5.33. The van der Waals surface area contributed by atoms with E-state index in [2.05, 4.69) is 30.3 Å². The van der Waals surface area contributed by atoms with Crippen LogP contribution in [0, 0.1) is 0 Å². The van der Waals surface area contributed by atoms with Crippen LogP contribution in [0.1, 0.15) is 17.4 Å². The smallest absolute Gasteiger partial charge is 0.105 e. The van der Waals surface area contributed by atoms with Crippen LogP contribution < -0.4 is 5.73 Å². The molecule has 0 saturated carbocycles. The van der Waals surface area contributed by atoms with Gasteiger partial charge in [-0.25, -0.2) is 0 Å². The topological polar surface area (TPSA) is 39.2 Å². The van der Waals surface area contributed by atoms with Crippen molar-refractivity contribution in [3.8, 4) is 0 Å². The van der Waals surface area contributed by atoms with Crippen molar-refractivity contribution < 1.29 is 4.42 Å². The van der Waals surface area contributed by atoms with Gasteiger partial charge in [0.25, 0.3) is 0 Å². The fourth-order valence-electron chi connectivity index (χ4n) is 2.20. The Morgan fingerprint density at radius 3 is 2.56 bits per heavy atom. The highest BCUT2D eigenvalue weighted by atomic mass is 16.3. The second kappa shape index (κ2) is 4.67. The van der Waals surface area contributed by atoms with Crippen molar-refractivity contribution in [3.05, 3.63) is 72.2 Å². The Balaban J connectivity index is 1.89. The number of nitrogens with two attached hydrogens (primary N) is 1. The number of fused-ring (bicyclic) bond motifs is 1. The molecular formula is C16H15NO. The number of hydrogen-bond acceptors (Lipinski definition) is 2. The molecule has 0 radical (unpaired) electrons. The van der Waals surface area contributed by atoms with Crippen LogP contribution in [0.3, 0.4) is 0 Å². The first-order valence-electron chi connectivity index (χ1n) is 6.09. The van der Waals surface area contributed by atoms with E-state index in [4.69, 9.17) is 10.2 Å². The number of benzene rings is 2. The van der Waals surface area contributed by atoms with Crippen LogP contribution in [-0.2, 0) is 6.42 Å². The van der Waals surface area contributed by atoms with E-state index < -0.39 is 0 Å². The quantitative estimate of drug-likeness (QED) is 0.754. The molecule has 0 fully saturated rings. The van der Waals surface area contributed by atoms with Gasteiger partial charge in [-0.2, -0.15) is 0 Å². The van der Waals surface area contributed by atoms with Crippen molar-refractivity contribution in [2.45, 2.75) is 12.5 Å². The van der Waals surface area contributed by atoms with Crippen LogP contribution in [0.4, 0.5) is 0 Å². The molecule has 0 amide bonds. The fourth-order valence-corrected chi connectivity index (χ4v) is 2.20. The standard InChI is InChI=1S/C16H15NO/c17-16(11-15-6-3-9-18-15)14-8-7-12-4-1-2-5-13(12)10-14/h1-10,16H,11,17H2. The second-order valence-corrected chi connectivity index (χ2v) is 4.50. The van der Waals surface area contributed by atoms with Gasteiger partial charge in [-0.15, -0.1) is 0 Å². The summed E-state index contributed by atoms with van der Waals surface area (Å²) in [6.07, 6.45) is 2.41. The predicted octanol–water partition coefficient (Wildman–Crippen LogP) is 3.68. The van der Waals surface area contributed by atoms with E-state index in [1.54, 1.807) is 6.26 Å². The summed E-state index contributed by atoms with van der Waals surface area (Å²) in [7, 11) is 0. The Bertz CT molecular complexity index is 643. The number of furan rings is 1. The molecule has 2 aromatic carbocycles. The summed E-state index contributed by atoms with van der Waals surface area (Å²) in [6, 6.07) is 18.5. The molecule has 1 unspecified atom stereocenters. The third-order valence-electron chi connectivity index (χ3n) is 3.20. The zero-order chi connectivity index (χ0) is 12.4. The zero-order valence-electron chi connectivity index (χ0n) is 10.0. The Hall–Kier alpha value is -2.06. The highest BCUT2D eigenvalue weighted by molar-refractivity contribution is 5.83. The maximum atomic E-state index is 6.22. The van der Waals surface area contributed by atoms with Gasteiger partial charge in [0.05, 0.1) is 6.26 Å². The first kappa shape index (κ1) is 11.1. The van der Waals surface area contributed by atoms with Crippen molar-refractivity contribution >= 4 is 10.8 Å². The summed E-state index contributed by atoms with van der Waals surface area (Å²) in [5, 5.41) is 2.47. The molecule has 1 heterocycles. The number of rotatable bonds is 3. The lowest BCUT2D eigenvalue weighted by atomic mass is 10.00. The second-order valence-electron chi connectivity index (χ2n) is 4.50. The van der Waals surface area contributed by atoms with E-state index >= 15 is 0 Å². The van der Waals surface area contributed by atoms with E-state index in [9.17, 15) is 0 Å². The van der Waals surface area contributed by atoms with Gasteiger partial charge in [-0.1, -0.05) is 36.4 Å². The lowest BCUT2D eigenvalue weighted by molar-refractivity contribution is 0.488. The maximum Gasteiger partial charge on any atom is 0.105 e. The summed E-state index contributed by atoms with van der Waals surface area (Å²) in [5.74, 6) is 0.927. The molecule has 0 saturated heterocycles. The molecule has 90 valence electrons. The van der Waals surface area contributed by atoms with Gasteiger partial charge >= 0.3 is 0 Å². The molecule has 1 atom stereocenters. The van der Waals surface area contributed by atoms with Gasteiger partial charge < -0.3 is 10.2 Å². The Morgan fingerprint density at radius 2 is 1.78 bits per heavy atom. The van der Waals surface area contributed by atoms with E-state index in [0.717, 1.165) is 17.7 Å². The third kappa shape index (κ3) is 2.15. The minimum absolute atomic E-state index is 0.0271.